The van der Waals surface area contributed by atoms with Gasteiger partial charge in [-0.15, -0.1) is 12.4 Å². The summed E-state index contributed by atoms with van der Waals surface area (Å²) in [5.41, 5.74) is 1.22. The lowest BCUT2D eigenvalue weighted by molar-refractivity contribution is 0.215. The van der Waals surface area contributed by atoms with Gasteiger partial charge >= 0.3 is 0 Å². The van der Waals surface area contributed by atoms with E-state index in [4.69, 9.17) is 0 Å². The second-order valence-corrected chi connectivity index (χ2v) is 5.73. The van der Waals surface area contributed by atoms with Crippen LogP contribution in [0.4, 0.5) is 4.39 Å². The monoisotopic (exact) mass is 300 g/mol. The Labute approximate surface area is 128 Å². The third kappa shape index (κ3) is 5.04. The largest absolute Gasteiger partial charge is 0.317 e. The number of hydrogen-bond acceptors (Lipinski definition) is 2. The van der Waals surface area contributed by atoms with Crippen LogP contribution in [0.3, 0.4) is 0 Å². The summed E-state index contributed by atoms with van der Waals surface area (Å²) in [6, 6.07) is 7.60. The van der Waals surface area contributed by atoms with Crippen LogP contribution in [-0.4, -0.2) is 37.6 Å². The first-order chi connectivity index (χ1) is 9.16. The maximum Gasteiger partial charge on any atom is 0.123 e. The molecule has 0 aromatic heterocycles. The predicted molar refractivity (Wildman–Crippen MR) is 85.2 cm³/mol. The second kappa shape index (κ2) is 8.60. The van der Waals surface area contributed by atoms with Gasteiger partial charge in [0.2, 0.25) is 0 Å². The van der Waals surface area contributed by atoms with Gasteiger partial charge in [-0.1, -0.05) is 19.1 Å². The number of hydrogen-bond donors (Lipinski definition) is 1. The van der Waals surface area contributed by atoms with E-state index in [-0.39, 0.29) is 18.2 Å². The highest BCUT2D eigenvalue weighted by molar-refractivity contribution is 5.85. The Hall–Kier alpha value is -0.640. The molecule has 0 spiro atoms. The van der Waals surface area contributed by atoms with E-state index in [1.165, 1.54) is 24.8 Å². The van der Waals surface area contributed by atoms with Crippen molar-refractivity contribution < 1.29 is 4.39 Å². The zero-order valence-corrected chi connectivity index (χ0v) is 13.3. The summed E-state index contributed by atoms with van der Waals surface area (Å²) in [7, 11) is 2.22. The van der Waals surface area contributed by atoms with Crippen molar-refractivity contribution in [3.8, 4) is 0 Å². The van der Waals surface area contributed by atoms with Crippen molar-refractivity contribution in [2.45, 2.75) is 38.1 Å². The Balaban J connectivity index is 0.00000200. The fourth-order valence-electron chi connectivity index (χ4n) is 2.92. The molecule has 2 unspecified atom stereocenters. The van der Waals surface area contributed by atoms with Gasteiger partial charge in [0.15, 0.2) is 0 Å². The van der Waals surface area contributed by atoms with Crippen LogP contribution in [0.15, 0.2) is 24.3 Å². The fourth-order valence-corrected chi connectivity index (χ4v) is 2.92. The first-order valence-corrected chi connectivity index (χ1v) is 7.33. The highest BCUT2D eigenvalue weighted by Crippen LogP contribution is 2.20. The smallest absolute Gasteiger partial charge is 0.123 e. The first-order valence-electron chi connectivity index (χ1n) is 7.33. The minimum Gasteiger partial charge on any atom is -0.317 e. The van der Waals surface area contributed by atoms with Crippen molar-refractivity contribution >= 4 is 12.4 Å². The maximum atomic E-state index is 12.9. The van der Waals surface area contributed by atoms with E-state index >= 15 is 0 Å². The van der Waals surface area contributed by atoms with E-state index in [2.05, 4.69) is 24.2 Å². The minimum atomic E-state index is -0.154. The van der Waals surface area contributed by atoms with Gasteiger partial charge in [-0.05, 0) is 63.0 Å². The number of nitrogens with one attached hydrogen (secondary N) is 1. The van der Waals surface area contributed by atoms with E-state index in [9.17, 15) is 4.39 Å². The van der Waals surface area contributed by atoms with Gasteiger partial charge in [-0.3, -0.25) is 0 Å². The van der Waals surface area contributed by atoms with Crippen LogP contribution < -0.4 is 5.32 Å². The summed E-state index contributed by atoms with van der Waals surface area (Å²) in [6.07, 6.45) is 3.77. The summed E-state index contributed by atoms with van der Waals surface area (Å²) in [5.74, 6) is 0.293. The van der Waals surface area contributed by atoms with Crippen molar-refractivity contribution in [1.82, 2.24) is 10.2 Å². The molecule has 1 fully saturated rings. The van der Waals surface area contributed by atoms with Gasteiger partial charge < -0.3 is 10.2 Å². The number of likely N-dealkylation sites (N-methyl/N-ethyl adjacent to an activating group) is 1. The maximum absolute atomic E-state index is 12.9. The predicted octanol–water partition coefficient (Wildman–Crippen LogP) is 3.42. The van der Waals surface area contributed by atoms with E-state index < -0.39 is 0 Å². The summed E-state index contributed by atoms with van der Waals surface area (Å²) in [4.78, 5) is 2.47. The molecule has 0 saturated carbocycles. The average Bonchev–Trinajstić information content (AvgIpc) is 2.68. The zero-order chi connectivity index (χ0) is 13.7. The summed E-state index contributed by atoms with van der Waals surface area (Å²) >= 11 is 0. The van der Waals surface area contributed by atoms with Crippen molar-refractivity contribution in [2.75, 3.05) is 26.7 Å². The van der Waals surface area contributed by atoms with Gasteiger partial charge in [0.25, 0.3) is 0 Å². The number of benzene rings is 1. The molecule has 114 valence electrons. The SMILES string of the molecule is CC(CN(C)C1CCCNCC1)c1ccc(F)cc1.Cl. The third-order valence-electron chi connectivity index (χ3n) is 4.17. The Kier molecular flexibility index (Phi) is 7.49. The van der Waals surface area contributed by atoms with Gasteiger partial charge in [-0.25, -0.2) is 4.39 Å². The molecular formula is C16H26ClFN2. The molecule has 1 aromatic carbocycles. The molecule has 0 bridgehead atoms. The second-order valence-electron chi connectivity index (χ2n) is 5.73. The number of halogens is 2. The lowest BCUT2D eigenvalue weighted by Crippen LogP contribution is -2.35. The molecule has 20 heavy (non-hydrogen) atoms. The standard InChI is InChI=1S/C16H25FN2.ClH/c1-13(14-5-7-15(17)8-6-14)12-19(2)16-4-3-10-18-11-9-16;/h5-8,13,16,18H,3-4,9-12H2,1-2H3;1H. The molecule has 1 saturated heterocycles. The molecule has 0 amide bonds. The van der Waals surface area contributed by atoms with E-state index in [1.807, 2.05) is 12.1 Å². The molecule has 2 atom stereocenters. The molecule has 1 aliphatic heterocycles. The van der Waals surface area contributed by atoms with Crippen LogP contribution in [0.25, 0.3) is 0 Å². The highest BCUT2D eigenvalue weighted by atomic mass is 35.5. The van der Waals surface area contributed by atoms with E-state index in [0.717, 1.165) is 19.6 Å². The van der Waals surface area contributed by atoms with Crippen LogP contribution in [0.1, 0.15) is 37.7 Å². The minimum absolute atomic E-state index is 0. The summed E-state index contributed by atoms with van der Waals surface area (Å²) in [6.45, 7) is 5.53. The number of rotatable bonds is 4. The molecule has 1 aromatic rings. The van der Waals surface area contributed by atoms with Crippen molar-refractivity contribution in [3.05, 3.63) is 35.6 Å². The van der Waals surface area contributed by atoms with Crippen LogP contribution in [0, 0.1) is 5.82 Å². The third-order valence-corrected chi connectivity index (χ3v) is 4.17. The van der Waals surface area contributed by atoms with Gasteiger partial charge in [0.1, 0.15) is 5.82 Å². The first kappa shape index (κ1) is 17.4. The van der Waals surface area contributed by atoms with Crippen LogP contribution >= 0.6 is 12.4 Å². The normalized spacial score (nSPS) is 21.1. The van der Waals surface area contributed by atoms with Crippen molar-refractivity contribution in [2.24, 2.45) is 0 Å². The molecule has 4 heteroatoms. The van der Waals surface area contributed by atoms with Crippen LogP contribution in [0.2, 0.25) is 0 Å². The quantitative estimate of drug-likeness (QED) is 0.916. The Morgan fingerprint density at radius 1 is 1.25 bits per heavy atom. The van der Waals surface area contributed by atoms with Crippen LogP contribution in [-0.2, 0) is 0 Å². The Bertz CT molecular complexity index is 375. The Morgan fingerprint density at radius 2 is 1.95 bits per heavy atom. The molecule has 2 nitrogen and oxygen atoms in total. The molecule has 1 aliphatic rings. The van der Waals surface area contributed by atoms with Crippen molar-refractivity contribution in [3.63, 3.8) is 0 Å². The molecular weight excluding hydrogens is 275 g/mol. The van der Waals surface area contributed by atoms with Gasteiger partial charge in [-0.2, -0.15) is 0 Å². The number of nitrogens with zero attached hydrogens (tertiary/aromatic N) is 1. The van der Waals surface area contributed by atoms with Gasteiger partial charge in [0, 0.05) is 12.6 Å². The van der Waals surface area contributed by atoms with Crippen LogP contribution in [0.5, 0.6) is 0 Å². The Morgan fingerprint density at radius 3 is 2.65 bits per heavy atom. The molecule has 1 N–H and O–H groups in total. The lowest BCUT2D eigenvalue weighted by Gasteiger charge is -2.29. The topological polar surface area (TPSA) is 15.3 Å². The van der Waals surface area contributed by atoms with E-state index in [1.54, 1.807) is 12.1 Å². The lowest BCUT2D eigenvalue weighted by atomic mass is 9.99. The van der Waals surface area contributed by atoms with E-state index in [0.29, 0.717) is 12.0 Å². The molecule has 1 heterocycles. The van der Waals surface area contributed by atoms with Gasteiger partial charge in [0.05, 0.1) is 0 Å². The molecule has 0 aliphatic carbocycles. The summed E-state index contributed by atoms with van der Waals surface area (Å²) in [5, 5.41) is 3.45. The van der Waals surface area contributed by atoms with Crippen molar-refractivity contribution in [1.29, 1.82) is 0 Å². The summed E-state index contributed by atoms with van der Waals surface area (Å²) < 4.78 is 12.9. The zero-order valence-electron chi connectivity index (χ0n) is 12.4. The highest BCUT2D eigenvalue weighted by Gasteiger charge is 2.18. The fraction of sp³-hybridized carbons (Fsp3) is 0.625. The molecule has 0 radical (unpaired) electrons. The average molecular weight is 301 g/mol. The molecule has 2 rings (SSSR count).